The van der Waals surface area contributed by atoms with Crippen molar-refractivity contribution in [2.45, 2.75) is 0 Å². The van der Waals surface area contributed by atoms with Crippen molar-refractivity contribution < 1.29 is 37.1 Å². The summed E-state index contributed by atoms with van der Waals surface area (Å²) in [6, 6.07) is 0. The average Bonchev–Trinajstić information content (AvgIpc) is 1.36. The molecule has 0 unspecified atom stereocenters. The summed E-state index contributed by atoms with van der Waals surface area (Å²) in [6.07, 6.45) is 0. The van der Waals surface area contributed by atoms with Crippen molar-refractivity contribution in [2.75, 3.05) is 0 Å². The zero-order chi connectivity index (χ0) is 6.50. The van der Waals surface area contributed by atoms with E-state index in [1.807, 2.05) is 0 Å². The second kappa shape index (κ2) is 4.58. The van der Waals surface area contributed by atoms with Gasteiger partial charge >= 0.3 is 50.5 Å². The van der Waals surface area contributed by atoms with Crippen LogP contribution >= 0.6 is 0 Å². The first kappa shape index (κ1) is 10.4. The fraction of sp³-hybridized carbons (Fsp3) is 0. The molecular formula is H2O5SeV. The van der Waals surface area contributed by atoms with Gasteiger partial charge in [-0.1, -0.05) is 0 Å². The van der Waals surface area contributed by atoms with Gasteiger partial charge in [-0.25, -0.2) is 0 Å². The molecule has 0 bridgehead atoms. The summed E-state index contributed by atoms with van der Waals surface area (Å²) in [7, 11) is 0. The fourth-order valence-corrected chi connectivity index (χ4v) is 0. The predicted molar refractivity (Wildman–Crippen MR) is 12.3 cm³/mol. The Morgan fingerprint density at radius 3 is 1.14 bits per heavy atom. The van der Waals surface area contributed by atoms with Gasteiger partial charge in [0.15, 0.2) is 0 Å². The van der Waals surface area contributed by atoms with Crippen molar-refractivity contribution >= 4 is 13.4 Å². The molecule has 7 heteroatoms. The molecule has 0 atom stereocenters. The zero-order valence-electron chi connectivity index (χ0n) is 2.97. The van der Waals surface area contributed by atoms with Crippen LogP contribution in [0.5, 0.6) is 0 Å². The van der Waals surface area contributed by atoms with Crippen molar-refractivity contribution in [1.82, 2.24) is 0 Å². The normalized spacial score (nSPS) is 8.71. The summed E-state index contributed by atoms with van der Waals surface area (Å²) in [4.78, 5) is 0. The molecule has 43 valence electrons. The third kappa shape index (κ3) is 700. The van der Waals surface area contributed by atoms with E-state index in [1.165, 1.54) is 0 Å². The molecule has 0 aliphatic carbocycles. The van der Waals surface area contributed by atoms with Crippen molar-refractivity contribution in [3.8, 4) is 0 Å². The SMILES string of the molecule is O=[Se](=O)(O)O.[O]=[V]. The van der Waals surface area contributed by atoms with Crippen molar-refractivity contribution in [1.29, 1.82) is 0 Å². The van der Waals surface area contributed by atoms with Gasteiger partial charge in [-0.15, -0.1) is 0 Å². The maximum atomic E-state index is 8.82. The van der Waals surface area contributed by atoms with Gasteiger partial charge in [0.25, 0.3) is 0 Å². The molecule has 0 rings (SSSR count). The summed E-state index contributed by atoms with van der Waals surface area (Å²) in [6.45, 7) is 0. The molecule has 0 amide bonds. The third-order valence-corrected chi connectivity index (χ3v) is 0. The topological polar surface area (TPSA) is 91.7 Å². The van der Waals surface area contributed by atoms with E-state index in [9.17, 15) is 0 Å². The van der Waals surface area contributed by atoms with Gasteiger partial charge in [0.2, 0.25) is 0 Å². The first-order valence-corrected chi connectivity index (χ1v) is 4.38. The summed E-state index contributed by atoms with van der Waals surface area (Å²) in [5.74, 6) is 0. The van der Waals surface area contributed by atoms with E-state index >= 15 is 0 Å². The van der Waals surface area contributed by atoms with Crippen LogP contribution in [-0.4, -0.2) is 21.7 Å². The molecule has 0 saturated carbocycles. The first-order valence-electron chi connectivity index (χ1n) is 0.881. The summed E-state index contributed by atoms with van der Waals surface area (Å²) in [5.41, 5.74) is 0. The standard InChI is InChI=1S/H2O4Se.O.V/c1-5(2,3)4;;/h(H2,1,2,3,4);;. The van der Waals surface area contributed by atoms with Crippen LogP contribution in [0.2, 0.25) is 0 Å². The van der Waals surface area contributed by atoms with Crippen LogP contribution in [0.3, 0.4) is 0 Å². The zero-order valence-corrected chi connectivity index (χ0v) is 6.08. The van der Waals surface area contributed by atoms with E-state index in [-0.39, 0.29) is 0 Å². The van der Waals surface area contributed by atoms with Crippen LogP contribution in [-0.2, 0) is 28.7 Å². The molecule has 0 aromatic carbocycles. The van der Waals surface area contributed by atoms with Gasteiger partial charge in [-0.05, 0) is 0 Å². The van der Waals surface area contributed by atoms with Crippen LogP contribution in [0, 0.1) is 0 Å². The molecule has 0 aromatic rings. The van der Waals surface area contributed by atoms with Crippen LogP contribution in [0.1, 0.15) is 0 Å². The Morgan fingerprint density at radius 2 is 1.14 bits per heavy atom. The minimum atomic E-state index is -5.25. The monoisotopic (exact) mass is 213 g/mol. The van der Waals surface area contributed by atoms with E-state index in [0.29, 0.717) is 0 Å². The molecule has 0 aliphatic rings. The number of hydrogen-bond acceptors (Lipinski definition) is 3. The molecule has 0 aromatic heterocycles. The van der Waals surface area contributed by atoms with Gasteiger partial charge in [0.05, 0.1) is 0 Å². The van der Waals surface area contributed by atoms with E-state index in [4.69, 9.17) is 19.7 Å². The molecule has 5 nitrogen and oxygen atoms in total. The molecule has 0 radical (unpaired) electrons. The number of hydrogen-bond donors (Lipinski definition) is 2. The number of rotatable bonds is 0. The Kier molecular flexibility index (Phi) is 6.81. The van der Waals surface area contributed by atoms with E-state index in [1.54, 1.807) is 0 Å². The van der Waals surface area contributed by atoms with Gasteiger partial charge < -0.3 is 0 Å². The molecule has 0 heterocycles. The third-order valence-electron chi connectivity index (χ3n) is 0. The van der Waals surface area contributed by atoms with E-state index < -0.39 is 13.4 Å². The Labute approximate surface area is 50.8 Å². The molecule has 0 fully saturated rings. The first-order chi connectivity index (χ1) is 3.00. The van der Waals surface area contributed by atoms with Crippen LogP contribution in [0.25, 0.3) is 0 Å². The molecule has 0 saturated heterocycles. The van der Waals surface area contributed by atoms with E-state index in [0.717, 1.165) is 17.4 Å². The van der Waals surface area contributed by atoms with E-state index in [2.05, 4.69) is 0 Å². The molecule has 0 spiro atoms. The molecule has 0 aliphatic heterocycles. The predicted octanol–water partition coefficient (Wildman–Crippen LogP) is -1.85. The molecular weight excluding hydrogens is 210 g/mol. The van der Waals surface area contributed by atoms with Crippen LogP contribution < -0.4 is 0 Å². The van der Waals surface area contributed by atoms with Crippen molar-refractivity contribution in [3.63, 3.8) is 0 Å². The Bertz CT molecular complexity index is 102. The Hall–Kier alpha value is 0.424. The Balaban J connectivity index is 0. The molecule has 2 N–H and O–H groups in total. The van der Waals surface area contributed by atoms with Gasteiger partial charge in [0.1, 0.15) is 0 Å². The summed E-state index contributed by atoms with van der Waals surface area (Å²) >= 11 is -4.19. The second-order valence-electron chi connectivity index (χ2n) is 0.448. The second-order valence-corrected chi connectivity index (χ2v) is 2.33. The van der Waals surface area contributed by atoms with Gasteiger partial charge in [-0.2, -0.15) is 0 Å². The maximum absolute atomic E-state index is 8.82. The fourth-order valence-electron chi connectivity index (χ4n) is 0. The van der Waals surface area contributed by atoms with Crippen LogP contribution in [0.4, 0.5) is 0 Å². The minimum absolute atomic E-state index is 1.06. The van der Waals surface area contributed by atoms with Crippen LogP contribution in [0.15, 0.2) is 0 Å². The van der Waals surface area contributed by atoms with Crippen molar-refractivity contribution in [2.24, 2.45) is 0 Å². The van der Waals surface area contributed by atoms with Gasteiger partial charge in [0, 0.05) is 0 Å². The quantitative estimate of drug-likeness (QED) is 0.459. The summed E-state index contributed by atoms with van der Waals surface area (Å²) < 4.78 is 40.1. The Morgan fingerprint density at radius 1 is 1.14 bits per heavy atom. The van der Waals surface area contributed by atoms with Crippen molar-refractivity contribution in [3.05, 3.63) is 0 Å². The summed E-state index contributed by atoms with van der Waals surface area (Å²) in [5, 5.41) is 0. The average molecular weight is 212 g/mol. The molecule has 7 heavy (non-hydrogen) atoms. The van der Waals surface area contributed by atoms with Gasteiger partial charge in [-0.3, -0.25) is 0 Å².